The van der Waals surface area contributed by atoms with Crippen LogP contribution in [0.2, 0.25) is 5.02 Å². The van der Waals surface area contributed by atoms with Crippen LogP contribution in [-0.4, -0.2) is 49.4 Å². The largest absolute Gasteiger partial charge is 0.352 e. The van der Waals surface area contributed by atoms with Crippen molar-refractivity contribution in [1.82, 2.24) is 10.2 Å². The molecule has 0 radical (unpaired) electrons. The Labute approximate surface area is 195 Å². The molecule has 2 aromatic rings. The van der Waals surface area contributed by atoms with Gasteiger partial charge in [0.1, 0.15) is 0 Å². The third-order valence-electron chi connectivity index (χ3n) is 6.93. The molecule has 2 amide bonds. The lowest BCUT2D eigenvalue weighted by molar-refractivity contribution is -0.117. The Morgan fingerprint density at radius 2 is 1.75 bits per heavy atom. The molecule has 0 bridgehead atoms. The Morgan fingerprint density at radius 1 is 1.09 bits per heavy atom. The maximum absolute atomic E-state index is 12.6. The molecule has 1 saturated heterocycles. The molecule has 1 aliphatic carbocycles. The molecule has 2 aromatic carbocycles. The van der Waals surface area contributed by atoms with Crippen molar-refractivity contribution in [1.29, 1.82) is 0 Å². The van der Waals surface area contributed by atoms with Gasteiger partial charge in [0.2, 0.25) is 5.91 Å². The van der Waals surface area contributed by atoms with E-state index in [0.29, 0.717) is 30.1 Å². The van der Waals surface area contributed by atoms with Crippen LogP contribution in [0.1, 0.15) is 49.0 Å². The van der Waals surface area contributed by atoms with E-state index < -0.39 is 0 Å². The number of hydrogen-bond acceptors (Lipinski definition) is 3. The highest BCUT2D eigenvalue weighted by molar-refractivity contribution is 6.30. The van der Waals surface area contributed by atoms with Crippen LogP contribution in [0.25, 0.3) is 0 Å². The normalized spacial score (nSPS) is 19.4. The van der Waals surface area contributed by atoms with E-state index in [0.717, 1.165) is 25.3 Å². The average molecular weight is 454 g/mol. The molecule has 1 atom stereocenters. The number of amides is 2. The number of anilines is 1. The molecule has 4 rings (SSSR count). The summed E-state index contributed by atoms with van der Waals surface area (Å²) < 4.78 is 0. The van der Waals surface area contributed by atoms with Crippen LogP contribution in [0.5, 0.6) is 0 Å². The van der Waals surface area contributed by atoms with Gasteiger partial charge in [-0.1, -0.05) is 37.6 Å². The highest BCUT2D eigenvalue weighted by Gasteiger charge is 2.45. The number of carbonyl (C=O) groups excluding carboxylic acids is 2. The molecule has 1 unspecified atom stereocenters. The summed E-state index contributed by atoms with van der Waals surface area (Å²) in [5.41, 5.74) is 3.19. The molecule has 2 aliphatic rings. The first kappa shape index (κ1) is 22.8. The van der Waals surface area contributed by atoms with Crippen LogP contribution in [-0.2, 0) is 10.2 Å². The molecule has 1 aliphatic heterocycles. The van der Waals surface area contributed by atoms with Crippen molar-refractivity contribution in [2.24, 2.45) is 5.92 Å². The monoisotopic (exact) mass is 453 g/mol. The number of likely N-dealkylation sites (N-methyl/N-ethyl adjacent to an activating group) is 1. The fourth-order valence-electron chi connectivity index (χ4n) is 4.67. The summed E-state index contributed by atoms with van der Waals surface area (Å²) in [6.45, 7) is 8.81. The van der Waals surface area contributed by atoms with Crippen LogP contribution < -0.4 is 10.2 Å². The number of nitrogens with zero attached hydrogens (tertiary/aromatic N) is 2. The predicted molar refractivity (Wildman–Crippen MR) is 129 cm³/mol. The minimum Gasteiger partial charge on any atom is -0.352 e. The van der Waals surface area contributed by atoms with Gasteiger partial charge in [-0.15, -0.1) is 0 Å². The average Bonchev–Trinajstić information content (AvgIpc) is 3.50. The van der Waals surface area contributed by atoms with Gasteiger partial charge in [0.25, 0.3) is 5.91 Å². The van der Waals surface area contributed by atoms with Crippen molar-refractivity contribution in [3.8, 4) is 0 Å². The number of halogens is 1. The quantitative estimate of drug-likeness (QED) is 0.608. The van der Waals surface area contributed by atoms with E-state index >= 15 is 0 Å². The summed E-state index contributed by atoms with van der Waals surface area (Å²) in [7, 11) is 0. The first-order chi connectivity index (χ1) is 15.4. The number of nitrogens with one attached hydrogen (secondary N) is 1. The predicted octanol–water partition coefficient (Wildman–Crippen LogP) is 4.50. The summed E-state index contributed by atoms with van der Waals surface area (Å²) in [5, 5.41) is 3.56. The lowest BCUT2D eigenvalue weighted by Crippen LogP contribution is -2.32. The molecule has 0 aromatic heterocycles. The van der Waals surface area contributed by atoms with Gasteiger partial charge in [0, 0.05) is 53.7 Å². The van der Waals surface area contributed by atoms with Gasteiger partial charge in [0.05, 0.1) is 0 Å². The highest BCUT2D eigenvalue weighted by atomic mass is 35.5. The van der Waals surface area contributed by atoms with Gasteiger partial charge < -0.3 is 15.1 Å². The van der Waals surface area contributed by atoms with E-state index in [2.05, 4.69) is 48.3 Å². The van der Waals surface area contributed by atoms with Gasteiger partial charge >= 0.3 is 0 Å². The molecule has 1 N–H and O–H groups in total. The molecule has 2 fully saturated rings. The molecule has 6 heteroatoms. The zero-order chi connectivity index (χ0) is 22.7. The minimum atomic E-state index is -0.139. The second kappa shape index (κ2) is 9.63. The Bertz CT molecular complexity index is 950. The second-order valence-corrected chi connectivity index (χ2v) is 9.52. The number of carbonyl (C=O) groups is 2. The van der Waals surface area contributed by atoms with Crippen LogP contribution in [0.3, 0.4) is 0 Å². The molecule has 32 heavy (non-hydrogen) atoms. The molecule has 0 spiro atoms. The fourth-order valence-corrected chi connectivity index (χ4v) is 4.79. The molecule has 5 nitrogen and oxygen atoms in total. The summed E-state index contributed by atoms with van der Waals surface area (Å²) in [5.74, 6) is 0.0866. The summed E-state index contributed by atoms with van der Waals surface area (Å²) in [4.78, 5) is 29.3. The summed E-state index contributed by atoms with van der Waals surface area (Å²) in [6.07, 6.45) is 2.93. The Hall–Kier alpha value is -2.37. The van der Waals surface area contributed by atoms with Crippen LogP contribution in [0.15, 0.2) is 48.5 Å². The number of benzene rings is 2. The van der Waals surface area contributed by atoms with Crippen molar-refractivity contribution in [2.75, 3.05) is 37.6 Å². The van der Waals surface area contributed by atoms with Crippen LogP contribution in [0.4, 0.5) is 5.69 Å². The molecule has 1 saturated carbocycles. The lowest BCUT2D eigenvalue weighted by Gasteiger charge is -2.26. The van der Waals surface area contributed by atoms with Gasteiger partial charge in [0.15, 0.2) is 0 Å². The molecule has 170 valence electrons. The van der Waals surface area contributed by atoms with Crippen molar-refractivity contribution in [3.05, 3.63) is 64.7 Å². The third kappa shape index (κ3) is 5.00. The Morgan fingerprint density at radius 3 is 2.34 bits per heavy atom. The third-order valence-corrected chi connectivity index (χ3v) is 7.18. The van der Waals surface area contributed by atoms with Crippen LogP contribution in [0, 0.1) is 5.92 Å². The van der Waals surface area contributed by atoms with E-state index in [1.165, 1.54) is 18.4 Å². The van der Waals surface area contributed by atoms with Crippen LogP contribution >= 0.6 is 11.6 Å². The van der Waals surface area contributed by atoms with E-state index in [4.69, 9.17) is 11.6 Å². The maximum atomic E-state index is 12.6. The van der Waals surface area contributed by atoms with E-state index in [9.17, 15) is 9.59 Å². The second-order valence-electron chi connectivity index (χ2n) is 9.08. The standard InChI is InChI=1S/C26H32ClN3O2/c1-3-29(4-2)18-26(13-14-26)21-7-11-23(12-8-21)30-17-19(15-24(30)31)16-28-25(32)20-5-9-22(27)10-6-20/h5-12,19H,3-4,13-18H2,1-2H3,(H,28,32). The Kier molecular flexibility index (Phi) is 6.87. The number of hydrogen-bond donors (Lipinski definition) is 1. The molecular formula is C26H32ClN3O2. The SMILES string of the molecule is CCN(CC)CC1(c2ccc(N3CC(CNC(=O)c4ccc(Cl)cc4)CC3=O)cc2)CC1. The van der Waals surface area contributed by atoms with Gasteiger partial charge in [-0.3, -0.25) is 9.59 Å². The van der Waals surface area contributed by atoms with Crippen molar-refractivity contribution in [3.63, 3.8) is 0 Å². The highest BCUT2D eigenvalue weighted by Crippen LogP contribution is 2.49. The zero-order valence-corrected chi connectivity index (χ0v) is 19.7. The topological polar surface area (TPSA) is 52.6 Å². The molecule has 1 heterocycles. The smallest absolute Gasteiger partial charge is 0.251 e. The summed E-state index contributed by atoms with van der Waals surface area (Å²) >= 11 is 5.88. The van der Waals surface area contributed by atoms with Gasteiger partial charge in [-0.25, -0.2) is 0 Å². The summed E-state index contributed by atoms with van der Waals surface area (Å²) in [6, 6.07) is 15.4. The van der Waals surface area contributed by atoms with E-state index in [1.54, 1.807) is 24.3 Å². The van der Waals surface area contributed by atoms with Gasteiger partial charge in [-0.05, 0) is 67.9 Å². The van der Waals surface area contributed by atoms with Gasteiger partial charge in [-0.2, -0.15) is 0 Å². The first-order valence-corrected chi connectivity index (χ1v) is 12.0. The molecular weight excluding hydrogens is 422 g/mol. The van der Waals surface area contributed by atoms with E-state index in [1.807, 2.05) is 4.90 Å². The van der Waals surface area contributed by atoms with Crippen molar-refractivity contribution in [2.45, 2.75) is 38.5 Å². The minimum absolute atomic E-state index is 0.107. The van der Waals surface area contributed by atoms with E-state index in [-0.39, 0.29) is 23.1 Å². The van der Waals surface area contributed by atoms with Crippen molar-refractivity contribution >= 4 is 29.1 Å². The fraction of sp³-hybridized carbons (Fsp3) is 0.462. The number of rotatable bonds is 9. The lowest BCUT2D eigenvalue weighted by atomic mass is 9.95. The van der Waals surface area contributed by atoms with Crippen molar-refractivity contribution < 1.29 is 9.59 Å². The Balaban J connectivity index is 1.34. The maximum Gasteiger partial charge on any atom is 0.251 e. The zero-order valence-electron chi connectivity index (χ0n) is 18.9. The first-order valence-electron chi connectivity index (χ1n) is 11.6.